The van der Waals surface area contributed by atoms with Gasteiger partial charge in [0.1, 0.15) is 11.5 Å². The van der Waals surface area contributed by atoms with Crippen molar-refractivity contribution in [2.45, 2.75) is 6.54 Å². The molecule has 0 saturated heterocycles. The van der Waals surface area contributed by atoms with Crippen molar-refractivity contribution in [2.75, 3.05) is 0 Å². The average Bonchev–Trinajstić information content (AvgIpc) is 3.01. The maximum Gasteiger partial charge on any atom is 0.128 e. The molecule has 0 atom stereocenters. The van der Waals surface area contributed by atoms with Gasteiger partial charge in [0.15, 0.2) is 0 Å². The topological polar surface area (TPSA) is 17.8 Å². The second-order valence-electron chi connectivity index (χ2n) is 6.27. The van der Waals surface area contributed by atoms with E-state index in [1.54, 1.807) is 16.8 Å². The fourth-order valence-electron chi connectivity index (χ4n) is 3.02. The molecule has 140 valence electrons. The van der Waals surface area contributed by atoms with Crippen molar-refractivity contribution in [1.82, 2.24) is 9.78 Å². The van der Waals surface area contributed by atoms with E-state index in [4.69, 9.17) is 16.7 Å². The molecule has 0 N–H and O–H groups in total. The number of hydrogen-bond donors (Lipinski definition) is 0. The van der Waals surface area contributed by atoms with Crippen LogP contribution >= 0.6 is 43.5 Å². The normalized spacial score (nSPS) is 11.0. The van der Waals surface area contributed by atoms with E-state index < -0.39 is 0 Å². The van der Waals surface area contributed by atoms with Crippen LogP contribution in [0, 0.1) is 5.82 Å². The second-order valence-corrected chi connectivity index (χ2v) is 8.48. The van der Waals surface area contributed by atoms with Crippen molar-refractivity contribution in [3.8, 4) is 22.5 Å². The maximum absolute atomic E-state index is 14.3. The summed E-state index contributed by atoms with van der Waals surface area (Å²) < 4.78 is 18.0. The highest BCUT2D eigenvalue weighted by molar-refractivity contribution is 9.10. The number of rotatable bonds is 4. The lowest BCUT2D eigenvalue weighted by molar-refractivity contribution is 0.587. The monoisotopic (exact) mass is 518 g/mol. The van der Waals surface area contributed by atoms with Gasteiger partial charge in [0.05, 0.1) is 17.3 Å². The predicted octanol–water partition coefficient (Wildman–Crippen LogP) is 7.58. The number of halogens is 4. The van der Waals surface area contributed by atoms with Gasteiger partial charge >= 0.3 is 0 Å². The van der Waals surface area contributed by atoms with Crippen LogP contribution in [0.4, 0.5) is 4.39 Å². The van der Waals surface area contributed by atoms with E-state index in [2.05, 4.69) is 31.9 Å². The minimum Gasteiger partial charge on any atom is -0.258 e. The molecule has 0 fully saturated rings. The Bertz CT molecular complexity index is 1120. The lowest BCUT2D eigenvalue weighted by Crippen LogP contribution is -2.05. The SMILES string of the molecule is Fc1ccccc1Cn1nc(-c2ccc(Br)cc2)c(Cl)c1-c1ccc(Br)cc1. The second kappa shape index (κ2) is 8.19. The van der Waals surface area contributed by atoms with Gasteiger partial charge < -0.3 is 0 Å². The zero-order valence-electron chi connectivity index (χ0n) is 14.5. The first kappa shape index (κ1) is 19.4. The van der Waals surface area contributed by atoms with E-state index in [0.717, 1.165) is 25.8 Å². The first-order valence-electron chi connectivity index (χ1n) is 8.54. The molecule has 0 amide bonds. The van der Waals surface area contributed by atoms with Crippen LogP contribution in [-0.4, -0.2) is 9.78 Å². The van der Waals surface area contributed by atoms with Gasteiger partial charge in [-0.1, -0.05) is 85.9 Å². The van der Waals surface area contributed by atoms with Gasteiger partial charge in [-0.25, -0.2) is 4.39 Å². The van der Waals surface area contributed by atoms with E-state index in [1.807, 2.05) is 54.6 Å². The summed E-state index contributed by atoms with van der Waals surface area (Å²) in [5.41, 5.74) is 3.81. The summed E-state index contributed by atoms with van der Waals surface area (Å²) in [6.45, 7) is 0.286. The van der Waals surface area contributed by atoms with E-state index >= 15 is 0 Å². The largest absolute Gasteiger partial charge is 0.258 e. The van der Waals surface area contributed by atoms with Gasteiger partial charge in [-0.15, -0.1) is 0 Å². The van der Waals surface area contributed by atoms with Crippen LogP contribution in [0.1, 0.15) is 5.56 Å². The fourth-order valence-corrected chi connectivity index (χ4v) is 3.90. The summed E-state index contributed by atoms with van der Waals surface area (Å²) in [5.74, 6) is -0.263. The highest BCUT2D eigenvalue weighted by atomic mass is 79.9. The number of benzene rings is 3. The Kier molecular flexibility index (Phi) is 5.67. The summed E-state index contributed by atoms with van der Waals surface area (Å²) in [7, 11) is 0. The van der Waals surface area contributed by atoms with Crippen LogP contribution < -0.4 is 0 Å². The van der Waals surface area contributed by atoms with E-state index in [-0.39, 0.29) is 12.4 Å². The van der Waals surface area contributed by atoms with Crippen molar-refractivity contribution in [1.29, 1.82) is 0 Å². The predicted molar refractivity (Wildman–Crippen MR) is 119 cm³/mol. The van der Waals surface area contributed by atoms with Gasteiger partial charge in [-0.3, -0.25) is 4.68 Å². The molecule has 0 spiro atoms. The lowest BCUT2D eigenvalue weighted by Gasteiger charge is -2.09. The van der Waals surface area contributed by atoms with Crippen LogP contribution in [0.3, 0.4) is 0 Å². The molecule has 0 aliphatic rings. The van der Waals surface area contributed by atoms with Gasteiger partial charge in [0.25, 0.3) is 0 Å². The molecular weight excluding hydrogens is 507 g/mol. The molecule has 0 aliphatic heterocycles. The molecule has 0 aliphatic carbocycles. The quantitative estimate of drug-likeness (QED) is 0.271. The molecule has 3 aromatic carbocycles. The van der Waals surface area contributed by atoms with Crippen LogP contribution in [-0.2, 0) is 6.54 Å². The Balaban J connectivity index is 1.87. The summed E-state index contributed by atoms with van der Waals surface area (Å²) in [4.78, 5) is 0. The maximum atomic E-state index is 14.3. The molecule has 1 aromatic heterocycles. The third-order valence-electron chi connectivity index (χ3n) is 4.41. The van der Waals surface area contributed by atoms with Crippen molar-refractivity contribution in [3.63, 3.8) is 0 Å². The molecule has 28 heavy (non-hydrogen) atoms. The van der Waals surface area contributed by atoms with Gasteiger partial charge in [-0.05, 0) is 30.3 Å². The van der Waals surface area contributed by atoms with Crippen molar-refractivity contribution < 1.29 is 4.39 Å². The van der Waals surface area contributed by atoms with E-state index in [9.17, 15) is 4.39 Å². The van der Waals surface area contributed by atoms with Crippen LogP contribution in [0.2, 0.25) is 5.02 Å². The summed E-state index contributed by atoms with van der Waals surface area (Å²) in [5, 5.41) is 5.28. The summed E-state index contributed by atoms with van der Waals surface area (Å²) >= 11 is 13.7. The third kappa shape index (κ3) is 3.93. The minimum absolute atomic E-state index is 0.263. The fraction of sp³-hybridized carbons (Fsp3) is 0.0455. The number of nitrogens with zero attached hydrogens (tertiary/aromatic N) is 2. The minimum atomic E-state index is -0.263. The summed E-state index contributed by atoms with van der Waals surface area (Å²) in [6.07, 6.45) is 0. The Labute approximate surface area is 184 Å². The number of aromatic nitrogens is 2. The molecular formula is C22H14Br2ClFN2. The molecule has 0 bridgehead atoms. The van der Waals surface area contributed by atoms with E-state index in [0.29, 0.717) is 16.3 Å². The molecule has 2 nitrogen and oxygen atoms in total. The molecule has 0 unspecified atom stereocenters. The molecule has 1 heterocycles. The highest BCUT2D eigenvalue weighted by Crippen LogP contribution is 2.37. The Morgan fingerprint density at radius 1 is 0.821 bits per heavy atom. The Morgan fingerprint density at radius 2 is 1.39 bits per heavy atom. The zero-order chi connectivity index (χ0) is 19.7. The van der Waals surface area contributed by atoms with Gasteiger partial charge in [-0.2, -0.15) is 5.10 Å². The standard InChI is InChI=1S/C22H14Br2ClFN2/c23-17-9-5-14(6-10-17)21-20(25)22(15-7-11-18(24)12-8-15)28(27-21)13-16-3-1-2-4-19(16)26/h1-12H,13H2. The van der Waals surface area contributed by atoms with Crippen molar-refractivity contribution in [2.24, 2.45) is 0 Å². The van der Waals surface area contributed by atoms with Crippen molar-refractivity contribution in [3.05, 3.63) is 98.1 Å². The van der Waals surface area contributed by atoms with Crippen LogP contribution in [0.25, 0.3) is 22.5 Å². The third-order valence-corrected chi connectivity index (χ3v) is 5.82. The molecule has 0 saturated carbocycles. The molecule has 6 heteroatoms. The van der Waals surface area contributed by atoms with Crippen LogP contribution in [0.5, 0.6) is 0 Å². The average molecular weight is 521 g/mol. The van der Waals surface area contributed by atoms with E-state index in [1.165, 1.54) is 6.07 Å². The first-order chi connectivity index (χ1) is 13.5. The van der Waals surface area contributed by atoms with Crippen LogP contribution in [0.15, 0.2) is 81.7 Å². The Morgan fingerprint density at radius 3 is 2.00 bits per heavy atom. The lowest BCUT2D eigenvalue weighted by atomic mass is 10.1. The molecule has 0 radical (unpaired) electrons. The highest BCUT2D eigenvalue weighted by Gasteiger charge is 2.20. The first-order valence-corrected chi connectivity index (χ1v) is 10.5. The molecule has 4 rings (SSSR count). The smallest absolute Gasteiger partial charge is 0.128 e. The van der Waals surface area contributed by atoms with Gasteiger partial charge in [0, 0.05) is 25.6 Å². The van der Waals surface area contributed by atoms with Crippen molar-refractivity contribution >= 4 is 43.5 Å². The van der Waals surface area contributed by atoms with Gasteiger partial charge in [0.2, 0.25) is 0 Å². The summed E-state index contributed by atoms with van der Waals surface area (Å²) in [6, 6.07) is 22.3. The molecule has 4 aromatic rings. The number of hydrogen-bond acceptors (Lipinski definition) is 1. The zero-order valence-corrected chi connectivity index (χ0v) is 18.5. The Hall–Kier alpha value is -1.95.